The number of fused-ring (bicyclic) bond motifs is 7. The van der Waals surface area contributed by atoms with E-state index in [0.717, 1.165) is 22.8 Å². The van der Waals surface area contributed by atoms with Crippen molar-refractivity contribution in [3.8, 4) is 22.8 Å². The predicted octanol–water partition coefficient (Wildman–Crippen LogP) is 8.34. The third-order valence-electron chi connectivity index (χ3n) is 7.47. The topological polar surface area (TPSA) is 35.6 Å². The Hall–Kier alpha value is -5.22. The normalized spacial score (nSPS) is 11.7. The van der Waals surface area contributed by atoms with Gasteiger partial charge in [0.25, 0.3) is 0 Å². The molecular weight excluding hydrogens is 464 g/mol. The maximum Gasteiger partial charge on any atom is 0.0887 e. The summed E-state index contributed by atoms with van der Waals surface area (Å²) in [6.07, 6.45) is 5.93. The van der Waals surface area contributed by atoms with Crippen LogP contribution in [0.15, 0.2) is 134 Å². The molecule has 8 aromatic rings. The van der Waals surface area contributed by atoms with Crippen molar-refractivity contribution in [2.45, 2.75) is 0 Å². The summed E-state index contributed by atoms with van der Waals surface area (Å²) in [6, 6.07) is 40.5. The highest BCUT2D eigenvalue weighted by Crippen LogP contribution is 2.39. The van der Waals surface area contributed by atoms with Crippen LogP contribution in [0.5, 0.6) is 0 Å². The van der Waals surface area contributed by atoms with E-state index in [0.29, 0.717) is 0 Å². The minimum Gasteiger partial charge on any atom is -0.317 e. The molecule has 0 aliphatic carbocycles. The molecule has 4 aromatic heterocycles. The molecule has 38 heavy (non-hydrogen) atoms. The average Bonchev–Trinajstić information content (AvgIpc) is 3.58. The summed E-state index contributed by atoms with van der Waals surface area (Å²) in [5.74, 6) is 0. The van der Waals surface area contributed by atoms with Gasteiger partial charge in [0.15, 0.2) is 0 Å². The molecule has 0 radical (unpaired) electrons. The molecular formula is C34H22N4. The van der Waals surface area contributed by atoms with Crippen LogP contribution in [0, 0.1) is 0 Å². The first kappa shape index (κ1) is 20.9. The van der Waals surface area contributed by atoms with Crippen LogP contribution in [0.25, 0.3) is 66.2 Å². The molecule has 0 spiro atoms. The van der Waals surface area contributed by atoms with Gasteiger partial charge in [0, 0.05) is 39.6 Å². The molecule has 178 valence electrons. The van der Waals surface area contributed by atoms with Gasteiger partial charge in [-0.25, -0.2) is 0 Å². The van der Waals surface area contributed by atoms with Crippen molar-refractivity contribution < 1.29 is 0 Å². The van der Waals surface area contributed by atoms with Gasteiger partial charge in [-0.3, -0.25) is 9.97 Å². The van der Waals surface area contributed by atoms with E-state index >= 15 is 0 Å². The Morgan fingerprint density at radius 1 is 0.447 bits per heavy atom. The summed E-state index contributed by atoms with van der Waals surface area (Å²) in [4.78, 5) is 9.26. The van der Waals surface area contributed by atoms with Crippen LogP contribution in [0.4, 0.5) is 0 Å². The zero-order valence-electron chi connectivity index (χ0n) is 20.5. The van der Waals surface area contributed by atoms with Crippen LogP contribution < -0.4 is 0 Å². The van der Waals surface area contributed by atoms with Crippen molar-refractivity contribution in [3.05, 3.63) is 134 Å². The molecule has 0 atom stereocenters. The third-order valence-corrected chi connectivity index (χ3v) is 7.47. The van der Waals surface area contributed by atoms with Crippen LogP contribution >= 0.6 is 0 Å². The van der Waals surface area contributed by atoms with E-state index < -0.39 is 0 Å². The Kier molecular flexibility index (Phi) is 4.49. The molecule has 0 unspecified atom stereocenters. The average molecular weight is 487 g/mol. The van der Waals surface area contributed by atoms with Crippen LogP contribution in [-0.2, 0) is 0 Å². The van der Waals surface area contributed by atoms with Crippen molar-refractivity contribution in [1.82, 2.24) is 19.1 Å². The second-order valence-electron chi connectivity index (χ2n) is 9.55. The Morgan fingerprint density at radius 3 is 2.03 bits per heavy atom. The van der Waals surface area contributed by atoms with Gasteiger partial charge in [0.05, 0.1) is 39.8 Å². The summed E-state index contributed by atoms with van der Waals surface area (Å²) in [7, 11) is 0. The molecule has 8 rings (SSSR count). The van der Waals surface area contributed by atoms with Gasteiger partial charge in [-0.15, -0.1) is 0 Å². The SMILES string of the molecule is c1ccc(-n2ccc3c4ccc5c6ccccc6n(-c6ccc(-c7ccccn7)nc6)c5c4ccc32)cc1. The van der Waals surface area contributed by atoms with Gasteiger partial charge in [-0.1, -0.05) is 60.7 Å². The second-order valence-corrected chi connectivity index (χ2v) is 9.55. The molecule has 4 heteroatoms. The first-order valence-corrected chi connectivity index (χ1v) is 12.8. The van der Waals surface area contributed by atoms with Crippen molar-refractivity contribution in [1.29, 1.82) is 0 Å². The van der Waals surface area contributed by atoms with Crippen LogP contribution in [0.1, 0.15) is 0 Å². The summed E-state index contributed by atoms with van der Waals surface area (Å²) in [6.45, 7) is 0. The number of aromatic nitrogens is 4. The fraction of sp³-hybridized carbons (Fsp3) is 0. The number of rotatable bonds is 3. The lowest BCUT2D eigenvalue weighted by Gasteiger charge is -2.11. The van der Waals surface area contributed by atoms with E-state index in [-0.39, 0.29) is 0 Å². The molecule has 0 saturated carbocycles. The van der Waals surface area contributed by atoms with Crippen LogP contribution in [-0.4, -0.2) is 19.1 Å². The van der Waals surface area contributed by atoms with Crippen molar-refractivity contribution in [2.24, 2.45) is 0 Å². The van der Waals surface area contributed by atoms with E-state index in [4.69, 9.17) is 4.98 Å². The highest BCUT2D eigenvalue weighted by Gasteiger charge is 2.17. The van der Waals surface area contributed by atoms with Gasteiger partial charge in [-0.2, -0.15) is 0 Å². The number of nitrogens with zero attached hydrogens (tertiary/aromatic N) is 4. The van der Waals surface area contributed by atoms with E-state index in [2.05, 4.69) is 117 Å². The molecule has 0 amide bonds. The van der Waals surface area contributed by atoms with Crippen LogP contribution in [0.3, 0.4) is 0 Å². The number of benzene rings is 4. The molecule has 0 bridgehead atoms. The molecule has 4 nitrogen and oxygen atoms in total. The van der Waals surface area contributed by atoms with E-state index in [1.54, 1.807) is 6.20 Å². The van der Waals surface area contributed by atoms with Gasteiger partial charge in [-0.05, 0) is 60.0 Å². The molecule has 0 N–H and O–H groups in total. The zero-order valence-corrected chi connectivity index (χ0v) is 20.5. The Labute approximate surface area is 219 Å². The fourth-order valence-electron chi connectivity index (χ4n) is 5.76. The standard InChI is InChI=1S/C34H22N4/c1-2-8-23(9-3-1)37-21-19-27-25-14-15-29-26-10-4-5-12-33(26)38(34(29)28(25)16-18-32(27)37)24-13-17-31(36-22-24)30-11-6-7-20-35-30/h1-22H. The van der Waals surface area contributed by atoms with E-state index in [1.807, 2.05) is 24.4 Å². The minimum atomic E-state index is 0.865. The lowest BCUT2D eigenvalue weighted by molar-refractivity contribution is 1.13. The Bertz CT molecular complexity index is 2100. The fourth-order valence-corrected chi connectivity index (χ4v) is 5.76. The summed E-state index contributed by atoms with van der Waals surface area (Å²) < 4.78 is 4.61. The van der Waals surface area contributed by atoms with E-state index in [1.165, 1.54) is 43.5 Å². The quantitative estimate of drug-likeness (QED) is 0.252. The highest BCUT2D eigenvalue weighted by atomic mass is 15.0. The zero-order chi connectivity index (χ0) is 25.1. The molecule has 4 aromatic carbocycles. The van der Waals surface area contributed by atoms with E-state index in [9.17, 15) is 0 Å². The predicted molar refractivity (Wildman–Crippen MR) is 156 cm³/mol. The number of para-hydroxylation sites is 2. The first-order chi connectivity index (χ1) is 18.9. The van der Waals surface area contributed by atoms with Gasteiger partial charge in [0.2, 0.25) is 0 Å². The van der Waals surface area contributed by atoms with Gasteiger partial charge >= 0.3 is 0 Å². The lowest BCUT2D eigenvalue weighted by atomic mass is 10.0. The molecule has 0 saturated heterocycles. The third kappa shape index (κ3) is 3.04. The van der Waals surface area contributed by atoms with Crippen LogP contribution in [0.2, 0.25) is 0 Å². The second kappa shape index (κ2) is 8.15. The Morgan fingerprint density at radius 2 is 1.18 bits per heavy atom. The largest absolute Gasteiger partial charge is 0.317 e. The van der Waals surface area contributed by atoms with Gasteiger partial charge in [0.1, 0.15) is 0 Å². The lowest BCUT2D eigenvalue weighted by Crippen LogP contribution is -1.97. The molecule has 0 aliphatic heterocycles. The van der Waals surface area contributed by atoms with Gasteiger partial charge < -0.3 is 9.13 Å². The number of hydrogen-bond acceptors (Lipinski definition) is 2. The molecule has 0 aliphatic rings. The number of pyridine rings is 2. The molecule has 4 heterocycles. The van der Waals surface area contributed by atoms with Crippen molar-refractivity contribution in [2.75, 3.05) is 0 Å². The monoisotopic (exact) mass is 486 g/mol. The maximum atomic E-state index is 4.80. The highest BCUT2D eigenvalue weighted by molar-refractivity contribution is 6.22. The summed E-state index contributed by atoms with van der Waals surface area (Å²) in [5.41, 5.74) is 7.50. The molecule has 0 fully saturated rings. The maximum absolute atomic E-state index is 4.80. The Balaban J connectivity index is 1.40. The minimum absolute atomic E-state index is 0.865. The van der Waals surface area contributed by atoms with Crippen molar-refractivity contribution >= 4 is 43.5 Å². The smallest absolute Gasteiger partial charge is 0.0887 e. The summed E-state index contributed by atoms with van der Waals surface area (Å²) >= 11 is 0. The van der Waals surface area contributed by atoms with Crippen molar-refractivity contribution in [3.63, 3.8) is 0 Å². The first-order valence-electron chi connectivity index (χ1n) is 12.8. The number of hydrogen-bond donors (Lipinski definition) is 0. The summed E-state index contributed by atoms with van der Waals surface area (Å²) in [5, 5.41) is 6.19.